The molecular weight excluding hydrogens is 301 g/mol. The molecule has 0 fully saturated rings. The molecule has 2 aromatic heterocycles. The molecule has 0 radical (unpaired) electrons. The second kappa shape index (κ2) is 5.42. The zero-order valence-corrected chi connectivity index (χ0v) is 12.7. The van der Waals surface area contributed by atoms with Gasteiger partial charge in [0.05, 0.1) is 16.3 Å². The predicted molar refractivity (Wildman–Crippen MR) is 77.4 cm³/mol. The summed E-state index contributed by atoms with van der Waals surface area (Å²) in [7, 11) is 0. The van der Waals surface area contributed by atoms with Gasteiger partial charge in [0.25, 0.3) is 5.91 Å². The Morgan fingerprint density at radius 1 is 1.30 bits per heavy atom. The fraction of sp³-hybridized carbons (Fsp3) is 0.308. The average Bonchev–Trinajstić information content (AvgIpc) is 2.80. The Bertz CT molecular complexity index is 647. The lowest BCUT2D eigenvalue weighted by Gasteiger charge is -2.12. The fourth-order valence-corrected chi connectivity index (χ4v) is 1.80. The molecular formula is C13H13Cl2N3O2. The molecule has 0 saturated heterocycles. The van der Waals surface area contributed by atoms with Crippen molar-refractivity contribution in [3.8, 4) is 0 Å². The Balaban J connectivity index is 2.20. The first-order valence-corrected chi connectivity index (χ1v) is 6.62. The van der Waals surface area contributed by atoms with Crippen LogP contribution in [-0.4, -0.2) is 16.0 Å². The molecule has 2 heterocycles. The van der Waals surface area contributed by atoms with Gasteiger partial charge in [-0.1, -0.05) is 49.1 Å². The van der Waals surface area contributed by atoms with E-state index in [1.165, 1.54) is 12.3 Å². The first-order valence-electron chi connectivity index (χ1n) is 5.87. The summed E-state index contributed by atoms with van der Waals surface area (Å²) in [5, 5.41) is 6.89. The molecule has 0 aliphatic rings. The number of hydrogen-bond donors (Lipinski definition) is 1. The van der Waals surface area contributed by atoms with Crippen molar-refractivity contribution in [2.24, 2.45) is 0 Å². The molecule has 106 valence electrons. The van der Waals surface area contributed by atoms with Crippen LogP contribution in [0, 0.1) is 0 Å². The Morgan fingerprint density at radius 3 is 2.60 bits per heavy atom. The van der Waals surface area contributed by atoms with Crippen LogP contribution < -0.4 is 5.32 Å². The van der Waals surface area contributed by atoms with E-state index in [0.717, 1.165) is 5.69 Å². The van der Waals surface area contributed by atoms with Crippen LogP contribution in [0.25, 0.3) is 0 Å². The normalized spacial score (nSPS) is 11.4. The maximum atomic E-state index is 12.1. The van der Waals surface area contributed by atoms with Gasteiger partial charge in [0.2, 0.25) is 5.88 Å². The number of anilines is 1. The van der Waals surface area contributed by atoms with Crippen LogP contribution in [0.3, 0.4) is 0 Å². The van der Waals surface area contributed by atoms with Gasteiger partial charge < -0.3 is 4.52 Å². The highest BCUT2D eigenvalue weighted by Gasteiger charge is 2.20. The van der Waals surface area contributed by atoms with Crippen LogP contribution in [0.2, 0.25) is 10.2 Å². The van der Waals surface area contributed by atoms with Crippen LogP contribution >= 0.6 is 23.2 Å². The lowest BCUT2D eigenvalue weighted by molar-refractivity contribution is 0.102. The van der Waals surface area contributed by atoms with E-state index in [1.54, 1.807) is 6.07 Å². The van der Waals surface area contributed by atoms with Crippen molar-refractivity contribution in [2.75, 3.05) is 5.32 Å². The van der Waals surface area contributed by atoms with Gasteiger partial charge in [-0.2, -0.15) is 0 Å². The van der Waals surface area contributed by atoms with Gasteiger partial charge in [0.15, 0.2) is 0 Å². The largest absolute Gasteiger partial charge is 0.338 e. The van der Waals surface area contributed by atoms with Gasteiger partial charge in [0, 0.05) is 17.7 Å². The van der Waals surface area contributed by atoms with E-state index in [1.807, 2.05) is 20.8 Å². The molecule has 2 rings (SSSR count). The maximum Gasteiger partial charge on any atom is 0.259 e. The smallest absolute Gasteiger partial charge is 0.259 e. The van der Waals surface area contributed by atoms with Crippen molar-refractivity contribution in [3.63, 3.8) is 0 Å². The van der Waals surface area contributed by atoms with Gasteiger partial charge in [-0.15, -0.1) is 0 Å². The van der Waals surface area contributed by atoms with Crippen molar-refractivity contribution < 1.29 is 9.32 Å². The first kappa shape index (κ1) is 14.8. The van der Waals surface area contributed by atoms with E-state index in [-0.39, 0.29) is 27.0 Å². The lowest BCUT2D eigenvalue weighted by atomic mass is 9.92. The summed E-state index contributed by atoms with van der Waals surface area (Å²) >= 11 is 11.6. The molecule has 2 aromatic rings. The minimum atomic E-state index is -0.434. The third-order valence-electron chi connectivity index (χ3n) is 2.58. The number of aromatic nitrogens is 2. The minimum Gasteiger partial charge on any atom is -0.338 e. The zero-order valence-electron chi connectivity index (χ0n) is 11.2. The molecule has 0 bridgehead atoms. The molecule has 0 saturated carbocycles. The van der Waals surface area contributed by atoms with Gasteiger partial charge in [-0.05, 0) is 6.07 Å². The number of hydrogen-bond acceptors (Lipinski definition) is 4. The number of carbonyl (C=O) groups excluding carboxylic acids is 1. The van der Waals surface area contributed by atoms with E-state index in [2.05, 4.69) is 15.5 Å². The van der Waals surface area contributed by atoms with E-state index in [0.29, 0.717) is 0 Å². The number of nitrogens with zero attached hydrogens (tertiary/aromatic N) is 2. The molecule has 0 aromatic carbocycles. The van der Waals surface area contributed by atoms with Crippen LogP contribution in [0.5, 0.6) is 0 Å². The number of halogens is 2. The molecule has 0 atom stereocenters. The molecule has 1 amide bonds. The summed E-state index contributed by atoms with van der Waals surface area (Å²) in [5.74, 6) is -0.181. The SMILES string of the molecule is CC(C)(C)c1cc(NC(=O)c2cc(Cl)ncc2Cl)on1. The fourth-order valence-electron chi connectivity index (χ4n) is 1.45. The van der Waals surface area contributed by atoms with Gasteiger partial charge >= 0.3 is 0 Å². The van der Waals surface area contributed by atoms with E-state index in [9.17, 15) is 4.79 Å². The Morgan fingerprint density at radius 2 is 2.00 bits per heavy atom. The van der Waals surface area contributed by atoms with Gasteiger partial charge in [-0.25, -0.2) is 4.98 Å². The highest BCUT2D eigenvalue weighted by Crippen LogP contribution is 2.25. The lowest BCUT2D eigenvalue weighted by Crippen LogP contribution is -2.13. The van der Waals surface area contributed by atoms with Gasteiger partial charge in [-0.3, -0.25) is 10.1 Å². The molecule has 5 nitrogen and oxygen atoms in total. The zero-order chi connectivity index (χ0) is 14.9. The molecule has 1 N–H and O–H groups in total. The third kappa shape index (κ3) is 3.29. The van der Waals surface area contributed by atoms with Crippen molar-refractivity contribution in [1.82, 2.24) is 10.1 Å². The summed E-state index contributed by atoms with van der Waals surface area (Å²) in [5.41, 5.74) is 0.802. The van der Waals surface area contributed by atoms with Crippen LogP contribution in [0.15, 0.2) is 22.9 Å². The average molecular weight is 314 g/mol. The minimum absolute atomic E-state index is 0.163. The summed E-state index contributed by atoms with van der Waals surface area (Å²) in [4.78, 5) is 15.9. The predicted octanol–water partition coefficient (Wildman–Crippen LogP) is 3.93. The quantitative estimate of drug-likeness (QED) is 0.853. The summed E-state index contributed by atoms with van der Waals surface area (Å²) < 4.78 is 5.08. The van der Waals surface area contributed by atoms with Crippen molar-refractivity contribution in [1.29, 1.82) is 0 Å². The van der Waals surface area contributed by atoms with Crippen LogP contribution in [0.4, 0.5) is 5.88 Å². The Hall–Kier alpha value is -1.59. The highest BCUT2D eigenvalue weighted by molar-refractivity contribution is 6.35. The third-order valence-corrected chi connectivity index (χ3v) is 3.09. The molecule has 0 aliphatic heterocycles. The second-order valence-electron chi connectivity index (χ2n) is 5.27. The standard InChI is InChI=1S/C13H13Cl2N3O2/c1-13(2,3)9-5-11(20-18-9)17-12(19)7-4-10(15)16-6-8(7)14/h4-6H,1-3H3,(H,17,19). The molecule has 20 heavy (non-hydrogen) atoms. The number of nitrogens with one attached hydrogen (secondary N) is 1. The summed E-state index contributed by atoms with van der Waals surface area (Å²) in [6.07, 6.45) is 1.32. The monoisotopic (exact) mass is 313 g/mol. The first-order chi connectivity index (χ1) is 9.27. The summed E-state index contributed by atoms with van der Waals surface area (Å²) in [6.45, 7) is 5.99. The second-order valence-corrected chi connectivity index (χ2v) is 6.06. The molecule has 0 unspecified atom stereocenters. The molecule has 0 spiro atoms. The molecule has 0 aliphatic carbocycles. The van der Waals surface area contributed by atoms with E-state index >= 15 is 0 Å². The van der Waals surface area contributed by atoms with E-state index < -0.39 is 5.91 Å². The Kier molecular flexibility index (Phi) is 4.01. The van der Waals surface area contributed by atoms with E-state index in [4.69, 9.17) is 27.7 Å². The van der Waals surface area contributed by atoms with Gasteiger partial charge in [0.1, 0.15) is 5.15 Å². The van der Waals surface area contributed by atoms with Crippen LogP contribution in [-0.2, 0) is 5.41 Å². The highest BCUT2D eigenvalue weighted by atomic mass is 35.5. The summed E-state index contributed by atoms with van der Waals surface area (Å²) in [6, 6.07) is 3.06. The number of carbonyl (C=O) groups is 1. The maximum absolute atomic E-state index is 12.1. The van der Waals surface area contributed by atoms with Crippen molar-refractivity contribution in [3.05, 3.63) is 39.8 Å². The number of amides is 1. The van der Waals surface area contributed by atoms with Crippen molar-refractivity contribution in [2.45, 2.75) is 26.2 Å². The Labute approximate surface area is 126 Å². The number of pyridine rings is 1. The molecule has 7 heteroatoms. The number of rotatable bonds is 2. The topological polar surface area (TPSA) is 68.0 Å². The van der Waals surface area contributed by atoms with Crippen molar-refractivity contribution >= 4 is 35.0 Å². The van der Waals surface area contributed by atoms with Crippen LogP contribution in [0.1, 0.15) is 36.8 Å².